The van der Waals surface area contributed by atoms with Crippen molar-refractivity contribution in [1.29, 1.82) is 0 Å². The molecule has 0 bridgehead atoms. The van der Waals surface area contributed by atoms with E-state index in [0.29, 0.717) is 24.4 Å². The van der Waals surface area contributed by atoms with Gasteiger partial charge in [0, 0.05) is 41.2 Å². The number of carbonyl (C=O) groups excluding carboxylic acids is 1. The smallest absolute Gasteiger partial charge is 0.337 e. The lowest BCUT2D eigenvalue weighted by molar-refractivity contribution is 0.0600. The third kappa shape index (κ3) is 8.07. The third-order valence-corrected chi connectivity index (χ3v) is 5.78. The molecule has 4 aromatic rings. The number of benzene rings is 4. The van der Waals surface area contributed by atoms with Crippen molar-refractivity contribution in [3.63, 3.8) is 0 Å². The van der Waals surface area contributed by atoms with E-state index in [1.165, 1.54) is 7.11 Å². The number of terminal acetylenes is 1. The van der Waals surface area contributed by atoms with Crippen molar-refractivity contribution in [1.82, 2.24) is 0 Å². The molecule has 0 amide bonds. The van der Waals surface area contributed by atoms with Gasteiger partial charge in [-0.05, 0) is 74.0 Å². The Hall–Kier alpha value is -4.89. The van der Waals surface area contributed by atoms with Crippen LogP contribution in [-0.2, 0) is 17.8 Å². The Bertz CT molecular complexity index is 1420. The Balaban J connectivity index is 0.000000212. The van der Waals surface area contributed by atoms with Crippen molar-refractivity contribution in [2.24, 2.45) is 0 Å². The minimum absolute atomic E-state index is 0.272. The molecule has 4 aromatic carbocycles. The number of aryl methyl sites for hydroxylation is 2. The van der Waals surface area contributed by atoms with Gasteiger partial charge in [0.15, 0.2) is 0 Å². The highest BCUT2D eigenvalue weighted by molar-refractivity contribution is 5.89. The lowest BCUT2D eigenvalue weighted by atomic mass is 10.1. The first-order chi connectivity index (χ1) is 18.3. The number of rotatable bonds is 7. The van der Waals surface area contributed by atoms with Crippen molar-refractivity contribution in [2.45, 2.75) is 26.9 Å². The van der Waals surface area contributed by atoms with Gasteiger partial charge in [0.25, 0.3) is 0 Å². The molecule has 0 fully saturated rings. The molecule has 0 aromatic heterocycles. The molecule has 0 saturated carbocycles. The summed E-state index contributed by atoms with van der Waals surface area (Å²) < 4.78 is 4.64. The molecule has 0 aliphatic rings. The van der Waals surface area contributed by atoms with Crippen LogP contribution in [0.1, 0.15) is 38.2 Å². The summed E-state index contributed by atoms with van der Waals surface area (Å²) in [6, 6.07) is 25.8. The summed E-state index contributed by atoms with van der Waals surface area (Å²) in [6.45, 7) is 5.02. The van der Waals surface area contributed by atoms with E-state index in [9.17, 15) is 15.0 Å². The first-order valence-electron chi connectivity index (χ1n) is 12.1. The van der Waals surface area contributed by atoms with Crippen LogP contribution in [0.25, 0.3) is 0 Å². The molecule has 4 rings (SSSR count). The normalized spacial score (nSPS) is 9.95. The Labute approximate surface area is 223 Å². The summed E-state index contributed by atoms with van der Waals surface area (Å²) >= 11 is 0. The van der Waals surface area contributed by atoms with Gasteiger partial charge >= 0.3 is 5.97 Å². The van der Waals surface area contributed by atoms with Crippen LogP contribution in [0, 0.1) is 26.2 Å². The summed E-state index contributed by atoms with van der Waals surface area (Å²) in [4.78, 5) is 11.3. The van der Waals surface area contributed by atoms with Gasteiger partial charge in [-0.15, -0.1) is 6.42 Å². The van der Waals surface area contributed by atoms with E-state index >= 15 is 0 Å². The first-order valence-corrected chi connectivity index (χ1v) is 12.1. The van der Waals surface area contributed by atoms with Crippen LogP contribution in [0.5, 0.6) is 11.5 Å². The number of phenolic OH excluding ortho intramolecular Hbond substituents is 2. The molecule has 0 radical (unpaired) electrons. The number of nitrogens with one attached hydrogen (secondary N) is 2. The van der Waals surface area contributed by atoms with Crippen LogP contribution in [0.2, 0.25) is 0 Å². The van der Waals surface area contributed by atoms with Crippen LogP contribution in [0.4, 0.5) is 11.4 Å². The number of methoxy groups -OCH3 is 1. The number of hydrogen-bond acceptors (Lipinski definition) is 6. The Morgan fingerprint density at radius 3 is 2.13 bits per heavy atom. The number of carbonyl (C=O) groups is 1. The zero-order valence-corrected chi connectivity index (χ0v) is 21.8. The fourth-order valence-electron chi connectivity index (χ4n) is 3.63. The highest BCUT2D eigenvalue weighted by Crippen LogP contribution is 2.21. The second-order valence-corrected chi connectivity index (χ2v) is 8.77. The molecule has 194 valence electrons. The van der Waals surface area contributed by atoms with Crippen LogP contribution in [-0.4, -0.2) is 23.3 Å². The molecule has 4 N–H and O–H groups in total. The maximum absolute atomic E-state index is 11.3. The van der Waals surface area contributed by atoms with E-state index in [4.69, 9.17) is 6.42 Å². The molecule has 0 spiro atoms. The molecule has 0 saturated heterocycles. The third-order valence-electron chi connectivity index (χ3n) is 5.78. The lowest BCUT2D eigenvalue weighted by Crippen LogP contribution is -2.03. The van der Waals surface area contributed by atoms with E-state index in [2.05, 4.69) is 21.3 Å². The summed E-state index contributed by atoms with van der Waals surface area (Å²) in [5.41, 5.74) is 7.02. The van der Waals surface area contributed by atoms with Crippen molar-refractivity contribution in [3.05, 3.63) is 118 Å². The summed E-state index contributed by atoms with van der Waals surface area (Å²) in [7, 11) is 1.36. The van der Waals surface area contributed by atoms with E-state index in [1.54, 1.807) is 36.4 Å². The molecule has 0 aliphatic heterocycles. The maximum Gasteiger partial charge on any atom is 0.337 e. The average Bonchev–Trinajstić information content (AvgIpc) is 2.93. The summed E-state index contributed by atoms with van der Waals surface area (Å²) in [6.07, 6.45) is 5.35. The average molecular weight is 509 g/mol. The lowest BCUT2D eigenvalue weighted by Gasteiger charge is -2.09. The highest BCUT2D eigenvalue weighted by atomic mass is 16.5. The minimum Gasteiger partial charge on any atom is -0.508 e. The van der Waals surface area contributed by atoms with E-state index in [1.807, 2.05) is 62.4 Å². The molecule has 6 nitrogen and oxygen atoms in total. The number of ether oxygens (including phenoxy) is 1. The Morgan fingerprint density at radius 1 is 0.789 bits per heavy atom. The molecule has 0 aliphatic carbocycles. The predicted octanol–water partition coefficient (Wildman–Crippen LogP) is 6.39. The number of hydrogen-bond donors (Lipinski definition) is 4. The van der Waals surface area contributed by atoms with Crippen LogP contribution in [0.3, 0.4) is 0 Å². The quantitative estimate of drug-likeness (QED) is 0.171. The van der Waals surface area contributed by atoms with Gasteiger partial charge in [0.1, 0.15) is 11.5 Å². The SMILES string of the molecule is C#Cc1cccc(NCc2ccc(C)cc2O)c1.COC(=O)c1ccc(NCc2cc(C)ccc2O)cc1. The van der Waals surface area contributed by atoms with E-state index in [0.717, 1.165) is 39.2 Å². The molecule has 0 unspecified atom stereocenters. The van der Waals surface area contributed by atoms with Gasteiger partial charge in [-0.1, -0.05) is 41.8 Å². The summed E-state index contributed by atoms with van der Waals surface area (Å²) in [5.74, 6) is 2.83. The molecule has 6 heteroatoms. The van der Waals surface area contributed by atoms with Gasteiger partial charge in [-0.2, -0.15) is 0 Å². The molecular weight excluding hydrogens is 476 g/mol. The van der Waals surface area contributed by atoms with Crippen molar-refractivity contribution in [2.75, 3.05) is 17.7 Å². The van der Waals surface area contributed by atoms with Gasteiger partial charge in [0.2, 0.25) is 0 Å². The number of aromatic hydroxyl groups is 2. The fraction of sp³-hybridized carbons (Fsp3) is 0.156. The van der Waals surface area contributed by atoms with Crippen molar-refractivity contribution < 1.29 is 19.7 Å². The highest BCUT2D eigenvalue weighted by Gasteiger charge is 2.05. The van der Waals surface area contributed by atoms with Gasteiger partial charge in [-0.25, -0.2) is 4.79 Å². The summed E-state index contributed by atoms with van der Waals surface area (Å²) in [5, 5.41) is 26.0. The second kappa shape index (κ2) is 13.4. The molecule has 0 atom stereocenters. The topological polar surface area (TPSA) is 90.8 Å². The Kier molecular flexibility index (Phi) is 9.79. The van der Waals surface area contributed by atoms with Gasteiger partial charge in [0.05, 0.1) is 12.7 Å². The second-order valence-electron chi connectivity index (χ2n) is 8.77. The maximum atomic E-state index is 11.3. The number of esters is 1. The Morgan fingerprint density at radius 2 is 1.45 bits per heavy atom. The van der Waals surface area contributed by atoms with Crippen molar-refractivity contribution >= 4 is 17.3 Å². The zero-order valence-electron chi connectivity index (χ0n) is 21.8. The van der Waals surface area contributed by atoms with Crippen LogP contribution in [0.15, 0.2) is 84.9 Å². The monoisotopic (exact) mass is 508 g/mol. The number of phenols is 2. The van der Waals surface area contributed by atoms with Crippen LogP contribution >= 0.6 is 0 Å². The molecule has 38 heavy (non-hydrogen) atoms. The first kappa shape index (κ1) is 27.7. The predicted molar refractivity (Wildman–Crippen MR) is 152 cm³/mol. The minimum atomic E-state index is -0.354. The standard InChI is InChI=1S/C16H17NO3.C16H15NO/c1-11-3-8-15(18)13(9-11)10-17-14-6-4-12(5-7-14)16(19)20-2;1-3-13-5-4-6-15(10-13)17-11-14-8-7-12(2)9-16(14)18/h3-9,17-18H,10H2,1-2H3;1,4-10,17-18H,11H2,2H3. The number of anilines is 2. The zero-order chi connectivity index (χ0) is 27.5. The molecular formula is C32H32N2O4. The molecule has 0 heterocycles. The largest absolute Gasteiger partial charge is 0.508 e. The van der Waals surface area contributed by atoms with E-state index in [-0.39, 0.29) is 11.7 Å². The van der Waals surface area contributed by atoms with Gasteiger partial charge in [-0.3, -0.25) is 0 Å². The van der Waals surface area contributed by atoms with Crippen LogP contribution < -0.4 is 10.6 Å². The fourth-order valence-corrected chi connectivity index (χ4v) is 3.63. The van der Waals surface area contributed by atoms with Crippen molar-refractivity contribution in [3.8, 4) is 23.8 Å². The van der Waals surface area contributed by atoms with Gasteiger partial charge < -0.3 is 25.6 Å². The van der Waals surface area contributed by atoms with E-state index < -0.39 is 0 Å².